The average molecular weight is 595 g/mol. The van der Waals surface area contributed by atoms with E-state index in [1.807, 2.05) is 0 Å². The molecule has 7 aromatic carbocycles. The first-order valence-corrected chi connectivity index (χ1v) is 14.4. The molecule has 8 aromatic rings. The summed E-state index contributed by atoms with van der Waals surface area (Å²) in [5.74, 6) is -1.13. The Bertz CT molecular complexity index is 2820. The molecule has 0 bridgehead atoms. The van der Waals surface area contributed by atoms with Gasteiger partial charge in [-0.3, -0.25) is 19.2 Å². The first-order valence-electron chi connectivity index (χ1n) is 13.6. The van der Waals surface area contributed by atoms with E-state index < -0.39 is 5.97 Å². The van der Waals surface area contributed by atoms with Gasteiger partial charge < -0.3 is 15.1 Å². The van der Waals surface area contributed by atoms with E-state index in [1.165, 1.54) is 6.07 Å². The van der Waals surface area contributed by atoms with Crippen LogP contribution in [0, 0.1) is 0 Å². The van der Waals surface area contributed by atoms with Gasteiger partial charge in [0, 0.05) is 42.1 Å². The van der Waals surface area contributed by atoms with E-state index >= 15 is 0 Å². The summed E-state index contributed by atoms with van der Waals surface area (Å²) in [6, 6.07) is 24.6. The zero-order valence-electron chi connectivity index (χ0n) is 22.6. The second kappa shape index (κ2) is 9.35. The van der Waals surface area contributed by atoms with Gasteiger partial charge in [0.25, 0.3) is 0 Å². The highest BCUT2D eigenvalue weighted by Crippen LogP contribution is 2.37. The van der Waals surface area contributed by atoms with Crippen LogP contribution in [0.15, 0.2) is 120 Å². The Morgan fingerprint density at radius 3 is 1.70 bits per heavy atom. The number of aromatic nitrogens is 2. The Hall–Kier alpha value is -5.80. The van der Waals surface area contributed by atoms with E-state index in [2.05, 4.69) is 9.97 Å². The molecule has 0 aliphatic rings. The highest BCUT2D eigenvalue weighted by molar-refractivity contribution is 7.99. The first kappa shape index (κ1) is 25.9. The maximum absolute atomic E-state index is 14.1. The topological polar surface area (TPSA) is 137 Å². The Morgan fingerprint density at radius 1 is 0.523 bits per heavy atom. The van der Waals surface area contributed by atoms with Crippen LogP contribution in [-0.4, -0.2) is 21.0 Å². The van der Waals surface area contributed by atoms with Crippen LogP contribution in [0.25, 0.3) is 65.2 Å². The monoisotopic (exact) mass is 594 g/mol. The standard InChI is InChI=1S/C35H18N2O6S/c38-31-16-7-1-2-8-17(16)32(39)26-21(31)13-14-22-29(26)37-23-15-25(44-24-12-6-5-11-20(24)35(42)43)27-28(30(23)36-22)34(41)19-10-4-3-9-18(19)33(27)40/h1-15,36-37H,(H,42,43). The lowest BCUT2D eigenvalue weighted by atomic mass is 9.99. The molecule has 0 radical (unpaired) electrons. The summed E-state index contributed by atoms with van der Waals surface area (Å²) in [6.45, 7) is 0. The van der Waals surface area contributed by atoms with E-state index in [1.54, 1.807) is 84.9 Å². The largest absolute Gasteiger partial charge is 0.478 e. The zero-order valence-corrected chi connectivity index (χ0v) is 23.4. The summed E-state index contributed by atoms with van der Waals surface area (Å²) in [5.41, 5.74) is 0.343. The molecule has 0 unspecified atom stereocenters. The lowest BCUT2D eigenvalue weighted by Crippen LogP contribution is -2.15. The quantitative estimate of drug-likeness (QED) is 0.169. The van der Waals surface area contributed by atoms with E-state index in [4.69, 9.17) is 0 Å². The maximum atomic E-state index is 14.1. The van der Waals surface area contributed by atoms with Crippen LogP contribution in [0.2, 0.25) is 0 Å². The molecule has 0 amide bonds. The molecule has 44 heavy (non-hydrogen) atoms. The van der Waals surface area contributed by atoms with E-state index in [9.17, 15) is 29.1 Å². The van der Waals surface area contributed by atoms with Gasteiger partial charge in [-0.2, -0.15) is 0 Å². The second-order valence-electron chi connectivity index (χ2n) is 10.5. The molecule has 0 saturated heterocycles. The van der Waals surface area contributed by atoms with E-state index in [0.717, 1.165) is 11.8 Å². The summed E-state index contributed by atoms with van der Waals surface area (Å²) in [5, 5.41) is 11.7. The average Bonchev–Trinajstić information content (AvgIpc) is 3.04. The lowest BCUT2D eigenvalue weighted by Gasteiger charge is -2.14. The number of rotatable bonds is 3. The van der Waals surface area contributed by atoms with Crippen molar-refractivity contribution < 1.29 is 9.90 Å². The first-order chi connectivity index (χ1) is 21.3. The molecule has 210 valence electrons. The number of hydrogen-bond acceptors (Lipinski definition) is 6. The van der Waals surface area contributed by atoms with E-state index in [-0.39, 0.29) is 59.6 Å². The fourth-order valence-electron chi connectivity index (χ4n) is 6.11. The Balaban J connectivity index is 1.57. The minimum Gasteiger partial charge on any atom is -0.478 e. The molecule has 0 saturated carbocycles. The number of aromatic amines is 2. The van der Waals surface area contributed by atoms with Crippen molar-refractivity contribution in [3.8, 4) is 0 Å². The highest BCUT2D eigenvalue weighted by Gasteiger charge is 2.21. The van der Waals surface area contributed by atoms with Crippen molar-refractivity contribution >= 4 is 82.9 Å². The highest BCUT2D eigenvalue weighted by atomic mass is 32.2. The molecule has 0 atom stereocenters. The van der Waals surface area contributed by atoms with Gasteiger partial charge in [0.15, 0.2) is 21.7 Å². The van der Waals surface area contributed by atoms with Crippen molar-refractivity contribution in [2.24, 2.45) is 0 Å². The summed E-state index contributed by atoms with van der Waals surface area (Å²) < 4.78 is 0. The van der Waals surface area contributed by atoms with Crippen LogP contribution in [0.4, 0.5) is 0 Å². The smallest absolute Gasteiger partial charge is 0.336 e. The SMILES string of the molecule is O=C(O)c1ccccc1Sc1cc2[nH]c3c(ccc4c(=O)c5ccccc5c(=O)c43)[nH]c2c2c(=O)c3ccccc3c(=O)c12. The molecule has 9 heteroatoms. The fourth-order valence-corrected chi connectivity index (χ4v) is 7.23. The van der Waals surface area contributed by atoms with Crippen molar-refractivity contribution in [1.82, 2.24) is 9.97 Å². The molecular formula is C35H18N2O6S. The second-order valence-corrected chi connectivity index (χ2v) is 11.6. The molecule has 8 nitrogen and oxygen atoms in total. The van der Waals surface area contributed by atoms with Crippen LogP contribution < -0.4 is 21.7 Å². The van der Waals surface area contributed by atoms with Crippen LogP contribution in [-0.2, 0) is 0 Å². The number of H-pyrrole nitrogens is 2. The number of fused-ring (bicyclic) bond motifs is 8. The van der Waals surface area contributed by atoms with Crippen LogP contribution in [0.1, 0.15) is 10.4 Å². The summed E-state index contributed by atoms with van der Waals surface area (Å²) in [7, 11) is 0. The van der Waals surface area contributed by atoms with Gasteiger partial charge in [-0.05, 0) is 30.3 Å². The van der Waals surface area contributed by atoms with Crippen molar-refractivity contribution in [1.29, 1.82) is 0 Å². The number of benzene rings is 7. The number of carbonyl (C=O) groups is 1. The lowest BCUT2D eigenvalue weighted by molar-refractivity contribution is 0.0693. The van der Waals surface area contributed by atoms with Crippen molar-refractivity contribution in [3.63, 3.8) is 0 Å². The van der Waals surface area contributed by atoms with Gasteiger partial charge >= 0.3 is 5.97 Å². The van der Waals surface area contributed by atoms with Gasteiger partial charge in [0.1, 0.15) is 0 Å². The minimum atomic E-state index is -1.13. The predicted octanol–water partition coefficient (Wildman–Crippen LogP) is 5.99. The van der Waals surface area contributed by atoms with Crippen LogP contribution in [0.3, 0.4) is 0 Å². The molecule has 0 fully saturated rings. The van der Waals surface area contributed by atoms with Gasteiger partial charge in [-0.25, -0.2) is 4.79 Å². The summed E-state index contributed by atoms with van der Waals surface area (Å²) in [6.07, 6.45) is 0. The third-order valence-electron chi connectivity index (χ3n) is 8.11. The number of aromatic carboxylic acids is 1. The maximum Gasteiger partial charge on any atom is 0.336 e. The molecular weight excluding hydrogens is 576 g/mol. The third kappa shape index (κ3) is 3.56. The van der Waals surface area contributed by atoms with Gasteiger partial charge in [0.05, 0.1) is 38.4 Å². The zero-order chi connectivity index (χ0) is 30.3. The van der Waals surface area contributed by atoms with E-state index in [0.29, 0.717) is 42.6 Å². The van der Waals surface area contributed by atoms with Gasteiger partial charge in [-0.1, -0.05) is 72.4 Å². The Morgan fingerprint density at radius 2 is 1.05 bits per heavy atom. The summed E-state index contributed by atoms with van der Waals surface area (Å²) in [4.78, 5) is 74.5. The fraction of sp³-hybridized carbons (Fsp3) is 0. The molecule has 1 heterocycles. The molecule has 3 N–H and O–H groups in total. The number of carboxylic acid groups (broad SMARTS) is 1. The minimum absolute atomic E-state index is 0.0484. The van der Waals surface area contributed by atoms with Crippen molar-refractivity contribution in [2.75, 3.05) is 0 Å². The summed E-state index contributed by atoms with van der Waals surface area (Å²) >= 11 is 1.07. The van der Waals surface area contributed by atoms with Crippen LogP contribution >= 0.6 is 11.8 Å². The Labute approximate surface area is 249 Å². The van der Waals surface area contributed by atoms with Crippen LogP contribution in [0.5, 0.6) is 0 Å². The number of hydrogen-bond donors (Lipinski definition) is 3. The molecule has 0 spiro atoms. The van der Waals surface area contributed by atoms with Crippen molar-refractivity contribution in [3.05, 3.63) is 137 Å². The number of carboxylic acids is 1. The predicted molar refractivity (Wildman–Crippen MR) is 174 cm³/mol. The number of nitrogens with one attached hydrogen (secondary N) is 2. The van der Waals surface area contributed by atoms with Gasteiger partial charge in [0.2, 0.25) is 0 Å². The Kier molecular flexibility index (Phi) is 5.50. The molecule has 1 aromatic heterocycles. The van der Waals surface area contributed by atoms with Gasteiger partial charge in [-0.15, -0.1) is 0 Å². The molecule has 0 aliphatic carbocycles. The normalized spacial score (nSPS) is 11.8. The molecule has 0 aliphatic heterocycles. The molecule has 8 rings (SSSR count). The third-order valence-corrected chi connectivity index (χ3v) is 9.23. The van der Waals surface area contributed by atoms with Crippen molar-refractivity contribution in [2.45, 2.75) is 9.79 Å².